The molecule has 0 radical (unpaired) electrons. The molecule has 1 aromatic heterocycles. The fourth-order valence-electron chi connectivity index (χ4n) is 3.78. The van der Waals surface area contributed by atoms with Gasteiger partial charge in [-0.3, -0.25) is 4.79 Å². The summed E-state index contributed by atoms with van der Waals surface area (Å²) >= 11 is 0. The second-order valence-electron chi connectivity index (χ2n) is 7.31. The maximum Gasteiger partial charge on any atom is 0.416 e. The van der Waals surface area contributed by atoms with E-state index >= 15 is 0 Å². The van der Waals surface area contributed by atoms with Gasteiger partial charge in [-0.1, -0.05) is 18.2 Å². The predicted octanol–water partition coefficient (Wildman–Crippen LogP) is 4.44. The molecule has 1 amide bonds. The lowest BCUT2D eigenvalue weighted by Gasteiger charge is -2.31. The summed E-state index contributed by atoms with van der Waals surface area (Å²) in [7, 11) is 0. The fourth-order valence-corrected chi connectivity index (χ4v) is 3.78. The Morgan fingerprint density at radius 2 is 1.83 bits per heavy atom. The number of nitrogens with zero attached hydrogens (tertiary/aromatic N) is 2. The molecule has 1 aliphatic rings. The number of benzene rings is 2. The van der Waals surface area contributed by atoms with Crippen LogP contribution in [0.1, 0.15) is 11.3 Å². The van der Waals surface area contributed by atoms with E-state index in [1.807, 2.05) is 46.7 Å². The molecule has 8 heteroatoms. The number of rotatable bonds is 4. The Morgan fingerprint density at radius 1 is 1.10 bits per heavy atom. The molecule has 30 heavy (non-hydrogen) atoms. The quantitative estimate of drug-likeness (QED) is 0.683. The van der Waals surface area contributed by atoms with E-state index in [9.17, 15) is 18.0 Å². The Hall–Kier alpha value is -3.00. The maximum absolute atomic E-state index is 13.3. The number of anilines is 2. The molecule has 2 heterocycles. The standard InChI is InChI=1S/C22H22F3N3O2/c1-15-12-16-4-2-3-5-19(16)28(15)14-21(29)26-18-13-17(22(23,24)25)6-7-20(18)27-8-10-30-11-9-27/h2-7,12-13H,8-11,14H2,1H3,(H,26,29). The van der Waals surface area contributed by atoms with Gasteiger partial charge >= 0.3 is 6.18 Å². The molecule has 0 spiro atoms. The first-order valence-corrected chi connectivity index (χ1v) is 9.71. The number of carbonyl (C=O) groups excluding carboxylic acids is 1. The number of hydrogen-bond acceptors (Lipinski definition) is 3. The topological polar surface area (TPSA) is 46.5 Å². The molecule has 1 fully saturated rings. The summed E-state index contributed by atoms with van der Waals surface area (Å²) in [6.45, 7) is 3.99. The average molecular weight is 417 g/mol. The van der Waals surface area contributed by atoms with Crippen LogP contribution in [0.2, 0.25) is 0 Å². The van der Waals surface area contributed by atoms with Crippen LogP contribution in [0.4, 0.5) is 24.5 Å². The van der Waals surface area contributed by atoms with Crippen molar-refractivity contribution in [3.63, 3.8) is 0 Å². The number of fused-ring (bicyclic) bond motifs is 1. The molecule has 0 atom stereocenters. The smallest absolute Gasteiger partial charge is 0.378 e. The second kappa shape index (κ2) is 8.02. The number of hydrogen-bond donors (Lipinski definition) is 1. The highest BCUT2D eigenvalue weighted by Crippen LogP contribution is 2.36. The zero-order chi connectivity index (χ0) is 21.3. The highest BCUT2D eigenvalue weighted by atomic mass is 19.4. The molecule has 158 valence electrons. The number of para-hydroxylation sites is 1. The van der Waals surface area contributed by atoms with E-state index in [0.717, 1.165) is 28.7 Å². The third-order valence-corrected chi connectivity index (χ3v) is 5.27. The van der Waals surface area contributed by atoms with Crippen molar-refractivity contribution in [2.24, 2.45) is 0 Å². The van der Waals surface area contributed by atoms with Gasteiger partial charge in [-0.25, -0.2) is 0 Å². The minimum Gasteiger partial charge on any atom is -0.378 e. The van der Waals surface area contributed by atoms with Crippen molar-refractivity contribution in [2.45, 2.75) is 19.6 Å². The summed E-state index contributed by atoms with van der Waals surface area (Å²) < 4.78 is 47.0. The molecule has 4 rings (SSSR count). The molecule has 0 aliphatic carbocycles. The average Bonchev–Trinajstić information content (AvgIpc) is 3.03. The van der Waals surface area contributed by atoms with E-state index in [1.54, 1.807) is 0 Å². The van der Waals surface area contributed by atoms with Crippen molar-refractivity contribution < 1.29 is 22.7 Å². The summed E-state index contributed by atoms with van der Waals surface area (Å²) in [5.74, 6) is -0.381. The number of aryl methyl sites for hydroxylation is 1. The normalized spacial score (nSPS) is 14.9. The molecule has 1 aliphatic heterocycles. The maximum atomic E-state index is 13.3. The van der Waals surface area contributed by atoms with Gasteiger partial charge in [-0.15, -0.1) is 0 Å². The van der Waals surface area contributed by atoms with Crippen LogP contribution in [0.15, 0.2) is 48.5 Å². The van der Waals surface area contributed by atoms with Gasteiger partial charge in [0.2, 0.25) is 5.91 Å². The van der Waals surface area contributed by atoms with Crippen LogP contribution in [0, 0.1) is 6.92 Å². The van der Waals surface area contributed by atoms with Crippen molar-refractivity contribution in [3.05, 3.63) is 59.8 Å². The van der Waals surface area contributed by atoms with Crippen LogP contribution in [-0.2, 0) is 22.3 Å². The Bertz CT molecular complexity index is 1070. The molecule has 1 N–H and O–H groups in total. The number of alkyl halides is 3. The first kappa shape index (κ1) is 20.3. The molecule has 0 bridgehead atoms. The van der Waals surface area contributed by atoms with E-state index in [1.165, 1.54) is 6.07 Å². The van der Waals surface area contributed by atoms with Gasteiger partial charge in [0.1, 0.15) is 6.54 Å². The molecule has 5 nitrogen and oxygen atoms in total. The monoisotopic (exact) mass is 417 g/mol. The molecule has 0 saturated carbocycles. The van der Waals surface area contributed by atoms with Crippen LogP contribution < -0.4 is 10.2 Å². The van der Waals surface area contributed by atoms with Gasteiger partial charge in [-0.05, 0) is 42.6 Å². The summed E-state index contributed by atoms with van der Waals surface area (Å²) in [6, 6.07) is 13.1. The van der Waals surface area contributed by atoms with Crippen LogP contribution >= 0.6 is 0 Å². The first-order chi connectivity index (χ1) is 14.3. The van der Waals surface area contributed by atoms with E-state index in [4.69, 9.17) is 4.74 Å². The zero-order valence-electron chi connectivity index (χ0n) is 16.5. The largest absolute Gasteiger partial charge is 0.416 e. The number of aromatic nitrogens is 1. The van der Waals surface area contributed by atoms with Crippen molar-refractivity contribution in [1.82, 2.24) is 4.57 Å². The lowest BCUT2D eigenvalue weighted by Crippen LogP contribution is -2.37. The lowest BCUT2D eigenvalue weighted by atomic mass is 10.1. The SMILES string of the molecule is Cc1cc2ccccc2n1CC(=O)Nc1cc(C(F)(F)F)ccc1N1CCOCC1. The van der Waals surface area contributed by atoms with Crippen LogP contribution in [0.3, 0.4) is 0 Å². The zero-order valence-corrected chi connectivity index (χ0v) is 16.5. The van der Waals surface area contributed by atoms with Gasteiger partial charge in [0, 0.05) is 24.3 Å². The van der Waals surface area contributed by atoms with Gasteiger partial charge in [0.15, 0.2) is 0 Å². The lowest BCUT2D eigenvalue weighted by molar-refractivity contribution is -0.137. The van der Waals surface area contributed by atoms with Crippen molar-refractivity contribution in [2.75, 3.05) is 36.5 Å². The van der Waals surface area contributed by atoms with Crippen LogP contribution in [0.5, 0.6) is 0 Å². The molecule has 0 unspecified atom stereocenters. The summed E-state index contributed by atoms with van der Waals surface area (Å²) in [5.41, 5.74) is 1.74. The predicted molar refractivity (Wildman–Crippen MR) is 110 cm³/mol. The van der Waals surface area contributed by atoms with Gasteiger partial charge in [0.25, 0.3) is 0 Å². The van der Waals surface area contributed by atoms with Crippen molar-refractivity contribution >= 4 is 28.2 Å². The van der Waals surface area contributed by atoms with Gasteiger partial charge in [-0.2, -0.15) is 13.2 Å². The summed E-state index contributed by atoms with van der Waals surface area (Å²) in [5, 5.41) is 3.72. The highest BCUT2D eigenvalue weighted by molar-refractivity contribution is 5.95. The van der Waals surface area contributed by atoms with E-state index in [2.05, 4.69) is 5.32 Å². The number of nitrogens with one attached hydrogen (secondary N) is 1. The number of halogens is 3. The van der Waals surface area contributed by atoms with Gasteiger partial charge in [0.05, 0.1) is 30.2 Å². The van der Waals surface area contributed by atoms with E-state index in [0.29, 0.717) is 32.0 Å². The molecule has 3 aromatic rings. The first-order valence-electron chi connectivity index (χ1n) is 9.71. The Balaban J connectivity index is 1.63. The van der Waals surface area contributed by atoms with E-state index < -0.39 is 11.7 Å². The number of morpholine rings is 1. The van der Waals surface area contributed by atoms with Crippen LogP contribution in [-0.4, -0.2) is 36.8 Å². The highest BCUT2D eigenvalue weighted by Gasteiger charge is 2.32. The molecule has 1 saturated heterocycles. The van der Waals surface area contributed by atoms with Crippen LogP contribution in [0.25, 0.3) is 10.9 Å². The Labute approximate surface area is 172 Å². The Kier molecular flexibility index (Phi) is 5.42. The fraction of sp³-hybridized carbons (Fsp3) is 0.318. The molecule has 2 aromatic carbocycles. The van der Waals surface area contributed by atoms with Crippen molar-refractivity contribution in [3.8, 4) is 0 Å². The third-order valence-electron chi connectivity index (χ3n) is 5.27. The van der Waals surface area contributed by atoms with Gasteiger partial charge < -0.3 is 19.5 Å². The number of amides is 1. The minimum atomic E-state index is -4.49. The van der Waals surface area contributed by atoms with E-state index in [-0.39, 0.29) is 18.1 Å². The van der Waals surface area contributed by atoms with Crippen molar-refractivity contribution in [1.29, 1.82) is 0 Å². The minimum absolute atomic E-state index is 0.0120. The molecular formula is C22H22F3N3O2. The molecular weight excluding hydrogens is 395 g/mol. The number of carbonyl (C=O) groups is 1. The number of ether oxygens (including phenoxy) is 1. The third kappa shape index (κ3) is 4.14. The second-order valence-corrected chi connectivity index (χ2v) is 7.31. The summed E-state index contributed by atoms with van der Waals surface area (Å²) in [6.07, 6.45) is -4.49. The Morgan fingerprint density at radius 3 is 2.57 bits per heavy atom. The summed E-state index contributed by atoms with van der Waals surface area (Å²) in [4.78, 5) is 14.7.